The van der Waals surface area contributed by atoms with Crippen LogP contribution in [-0.2, 0) is 18.9 Å². The average Bonchev–Trinajstić information content (AvgIpc) is 2.48. The summed E-state index contributed by atoms with van der Waals surface area (Å²) in [5.74, 6) is 0. The van der Waals surface area contributed by atoms with Gasteiger partial charge >= 0.3 is 0 Å². The summed E-state index contributed by atoms with van der Waals surface area (Å²) in [6, 6.07) is 0. The number of aliphatic hydroxyl groups excluding tert-OH is 4. The van der Waals surface area contributed by atoms with Crippen LogP contribution >= 0.6 is 0 Å². The SMILES string of the molecule is CCOC1C[C@@H](O)CC(CO[C@@H]2CC(O)[C@H](O)C(CO)O2)O1. The van der Waals surface area contributed by atoms with E-state index >= 15 is 0 Å². The molecule has 2 aliphatic rings. The molecule has 0 radical (unpaired) electrons. The van der Waals surface area contributed by atoms with Gasteiger partial charge in [-0.1, -0.05) is 0 Å². The maximum absolute atomic E-state index is 9.82. The Hall–Kier alpha value is -0.320. The van der Waals surface area contributed by atoms with Gasteiger partial charge in [0.15, 0.2) is 12.6 Å². The molecule has 0 aromatic carbocycles. The molecule has 0 amide bonds. The topological polar surface area (TPSA) is 118 Å². The number of hydrogen-bond donors (Lipinski definition) is 4. The van der Waals surface area contributed by atoms with Crippen molar-refractivity contribution in [2.75, 3.05) is 19.8 Å². The summed E-state index contributed by atoms with van der Waals surface area (Å²) in [6.45, 7) is 2.13. The Morgan fingerprint density at radius 3 is 2.41 bits per heavy atom. The molecule has 2 aliphatic heterocycles. The summed E-state index contributed by atoms with van der Waals surface area (Å²) in [4.78, 5) is 0. The first kappa shape index (κ1) is 18.0. The van der Waals surface area contributed by atoms with Gasteiger partial charge in [0.1, 0.15) is 12.2 Å². The van der Waals surface area contributed by atoms with E-state index in [0.29, 0.717) is 19.4 Å². The van der Waals surface area contributed by atoms with Crippen molar-refractivity contribution in [3.05, 3.63) is 0 Å². The summed E-state index contributed by atoms with van der Waals surface area (Å²) in [6.07, 6.45) is -4.05. The van der Waals surface area contributed by atoms with E-state index in [9.17, 15) is 15.3 Å². The van der Waals surface area contributed by atoms with Crippen LogP contribution in [0.3, 0.4) is 0 Å². The largest absolute Gasteiger partial charge is 0.394 e. The van der Waals surface area contributed by atoms with Crippen molar-refractivity contribution in [1.82, 2.24) is 0 Å². The molecule has 2 fully saturated rings. The van der Waals surface area contributed by atoms with Crippen molar-refractivity contribution < 1.29 is 39.4 Å². The van der Waals surface area contributed by atoms with Crippen LogP contribution in [0.4, 0.5) is 0 Å². The molecule has 0 spiro atoms. The van der Waals surface area contributed by atoms with E-state index in [0.717, 1.165) is 0 Å². The van der Waals surface area contributed by atoms with Gasteiger partial charge in [-0.3, -0.25) is 0 Å². The second-order valence-corrected chi connectivity index (χ2v) is 5.68. The Balaban J connectivity index is 1.79. The molecule has 2 heterocycles. The van der Waals surface area contributed by atoms with E-state index in [1.807, 2.05) is 6.92 Å². The Labute approximate surface area is 129 Å². The monoisotopic (exact) mass is 322 g/mol. The molecule has 0 aromatic rings. The summed E-state index contributed by atoms with van der Waals surface area (Å²) >= 11 is 0. The fourth-order valence-electron chi connectivity index (χ4n) is 2.74. The number of aliphatic hydroxyl groups is 4. The van der Waals surface area contributed by atoms with Crippen molar-refractivity contribution in [2.24, 2.45) is 0 Å². The molecular formula is C14H26O8. The van der Waals surface area contributed by atoms with E-state index in [2.05, 4.69) is 0 Å². The number of rotatable bonds is 6. The van der Waals surface area contributed by atoms with E-state index in [1.165, 1.54) is 0 Å². The minimum Gasteiger partial charge on any atom is -0.394 e. The lowest BCUT2D eigenvalue weighted by Crippen LogP contribution is -2.51. The Kier molecular flexibility index (Phi) is 6.97. The van der Waals surface area contributed by atoms with Crippen LogP contribution in [0.1, 0.15) is 26.2 Å². The van der Waals surface area contributed by atoms with Crippen LogP contribution in [-0.4, -0.2) is 83.3 Å². The standard InChI is InChI=1S/C14H26O8/c1-2-19-12-4-8(16)3-9(21-12)7-20-13-5-10(17)14(18)11(6-15)22-13/h8-18H,2-7H2,1H3/t8-,9?,10?,11?,12?,13-,14-/m0/s1. The van der Waals surface area contributed by atoms with Gasteiger partial charge in [0.2, 0.25) is 0 Å². The van der Waals surface area contributed by atoms with Gasteiger partial charge in [-0.05, 0) is 6.92 Å². The van der Waals surface area contributed by atoms with Gasteiger partial charge in [0, 0.05) is 25.9 Å². The molecule has 8 nitrogen and oxygen atoms in total. The third-order valence-corrected chi connectivity index (χ3v) is 3.88. The fourth-order valence-corrected chi connectivity index (χ4v) is 2.74. The van der Waals surface area contributed by atoms with Crippen molar-refractivity contribution in [3.8, 4) is 0 Å². The van der Waals surface area contributed by atoms with E-state index in [1.54, 1.807) is 0 Å². The second kappa shape index (κ2) is 8.51. The van der Waals surface area contributed by atoms with Gasteiger partial charge < -0.3 is 39.4 Å². The maximum Gasteiger partial charge on any atom is 0.160 e. The van der Waals surface area contributed by atoms with Crippen LogP contribution in [0.5, 0.6) is 0 Å². The third kappa shape index (κ3) is 4.84. The van der Waals surface area contributed by atoms with Crippen molar-refractivity contribution in [1.29, 1.82) is 0 Å². The molecule has 2 saturated heterocycles. The summed E-state index contributed by atoms with van der Waals surface area (Å²) in [5.41, 5.74) is 0. The summed E-state index contributed by atoms with van der Waals surface area (Å²) in [5, 5.41) is 38.3. The fraction of sp³-hybridized carbons (Fsp3) is 1.00. The smallest absolute Gasteiger partial charge is 0.160 e. The van der Waals surface area contributed by atoms with Crippen molar-refractivity contribution in [2.45, 2.75) is 69.3 Å². The first-order chi connectivity index (χ1) is 10.5. The molecule has 0 aromatic heterocycles. The van der Waals surface area contributed by atoms with Crippen molar-refractivity contribution >= 4 is 0 Å². The normalized spacial score (nSPS) is 43.2. The molecule has 22 heavy (non-hydrogen) atoms. The summed E-state index contributed by atoms with van der Waals surface area (Å²) in [7, 11) is 0. The molecule has 4 unspecified atom stereocenters. The highest BCUT2D eigenvalue weighted by Gasteiger charge is 2.37. The Morgan fingerprint density at radius 2 is 1.73 bits per heavy atom. The predicted octanol–water partition coefficient (Wildman–Crippen LogP) is -1.27. The zero-order chi connectivity index (χ0) is 16.1. The minimum absolute atomic E-state index is 0.113. The van der Waals surface area contributed by atoms with Crippen LogP contribution in [0.25, 0.3) is 0 Å². The highest BCUT2D eigenvalue weighted by atomic mass is 16.7. The number of hydrogen-bond acceptors (Lipinski definition) is 8. The lowest BCUT2D eigenvalue weighted by molar-refractivity contribution is -0.277. The molecule has 8 heteroatoms. The zero-order valence-electron chi connectivity index (χ0n) is 12.7. The van der Waals surface area contributed by atoms with Crippen LogP contribution in [0.15, 0.2) is 0 Å². The summed E-state index contributed by atoms with van der Waals surface area (Å²) < 4.78 is 22.0. The average molecular weight is 322 g/mol. The van der Waals surface area contributed by atoms with Gasteiger partial charge in [-0.2, -0.15) is 0 Å². The maximum atomic E-state index is 9.82. The molecule has 130 valence electrons. The lowest BCUT2D eigenvalue weighted by Gasteiger charge is -2.37. The van der Waals surface area contributed by atoms with Crippen LogP contribution in [0.2, 0.25) is 0 Å². The second-order valence-electron chi connectivity index (χ2n) is 5.68. The van der Waals surface area contributed by atoms with E-state index in [4.69, 9.17) is 24.1 Å². The van der Waals surface area contributed by atoms with Crippen LogP contribution in [0, 0.1) is 0 Å². The molecule has 0 aliphatic carbocycles. The van der Waals surface area contributed by atoms with Gasteiger partial charge in [0.25, 0.3) is 0 Å². The Bertz CT molecular complexity index is 328. The Morgan fingerprint density at radius 1 is 1.00 bits per heavy atom. The van der Waals surface area contributed by atoms with Crippen molar-refractivity contribution in [3.63, 3.8) is 0 Å². The minimum atomic E-state index is -1.13. The lowest BCUT2D eigenvalue weighted by atomic mass is 10.0. The number of ether oxygens (including phenoxy) is 4. The van der Waals surface area contributed by atoms with E-state index in [-0.39, 0.29) is 19.1 Å². The molecule has 0 bridgehead atoms. The quantitative estimate of drug-likeness (QED) is 0.478. The van der Waals surface area contributed by atoms with Gasteiger partial charge in [-0.15, -0.1) is 0 Å². The molecule has 0 saturated carbocycles. The van der Waals surface area contributed by atoms with Gasteiger partial charge in [-0.25, -0.2) is 0 Å². The molecule has 4 N–H and O–H groups in total. The molecular weight excluding hydrogens is 296 g/mol. The highest BCUT2D eigenvalue weighted by Crippen LogP contribution is 2.24. The third-order valence-electron chi connectivity index (χ3n) is 3.88. The zero-order valence-corrected chi connectivity index (χ0v) is 12.7. The highest BCUT2D eigenvalue weighted by molar-refractivity contribution is 4.82. The predicted molar refractivity (Wildman–Crippen MR) is 73.9 cm³/mol. The molecule has 2 rings (SSSR count). The van der Waals surface area contributed by atoms with Crippen LogP contribution < -0.4 is 0 Å². The first-order valence-corrected chi connectivity index (χ1v) is 7.72. The first-order valence-electron chi connectivity index (χ1n) is 7.72. The van der Waals surface area contributed by atoms with Gasteiger partial charge in [0.05, 0.1) is 31.5 Å². The van der Waals surface area contributed by atoms with E-state index < -0.39 is 43.6 Å². The molecule has 7 atom stereocenters.